The fourth-order valence-corrected chi connectivity index (χ4v) is 0.746. The summed E-state index contributed by atoms with van der Waals surface area (Å²) in [5.41, 5.74) is 2.16. The van der Waals surface area contributed by atoms with E-state index in [-0.39, 0.29) is 6.29 Å². The number of aliphatic imine (C=N–C) groups is 1. The molecule has 60 valence electrons. The number of nitrogens with one attached hydrogen (secondary N) is 1. The minimum Gasteiger partial charge on any atom is -0.348 e. The lowest BCUT2D eigenvalue weighted by Gasteiger charge is -2.16. The molecule has 0 bridgehead atoms. The van der Waals surface area contributed by atoms with Crippen LogP contribution < -0.4 is 11.2 Å². The van der Waals surface area contributed by atoms with Crippen molar-refractivity contribution in [2.75, 3.05) is 0 Å². The van der Waals surface area contributed by atoms with Crippen molar-refractivity contribution < 1.29 is 0 Å². The van der Waals surface area contributed by atoms with Gasteiger partial charge in [-0.3, -0.25) is 0 Å². The van der Waals surface area contributed by atoms with E-state index in [4.69, 9.17) is 5.84 Å². The van der Waals surface area contributed by atoms with Crippen molar-refractivity contribution >= 4 is 6.21 Å². The van der Waals surface area contributed by atoms with Crippen LogP contribution >= 0.6 is 0 Å². The van der Waals surface area contributed by atoms with Crippen LogP contribution in [0.1, 0.15) is 13.8 Å². The van der Waals surface area contributed by atoms with E-state index < -0.39 is 0 Å². The van der Waals surface area contributed by atoms with Crippen LogP contribution in [-0.4, -0.2) is 12.5 Å². The summed E-state index contributed by atoms with van der Waals surface area (Å²) in [4.78, 5) is 4.02. The highest BCUT2D eigenvalue weighted by atomic mass is 15.4. The number of nitrogens with zero attached hydrogens (tertiary/aromatic N) is 3. The fraction of sp³-hybridized carbons (Fsp3) is 0.500. The molecule has 1 rings (SSSR count). The lowest BCUT2D eigenvalue weighted by molar-refractivity contribution is 0.573. The average molecular weight is 153 g/mol. The zero-order chi connectivity index (χ0) is 8.27. The topological polar surface area (TPSA) is 75.1 Å². The van der Waals surface area contributed by atoms with Crippen molar-refractivity contribution in [1.82, 2.24) is 5.32 Å². The maximum Gasteiger partial charge on any atom is 0.235 e. The highest BCUT2D eigenvalue weighted by Crippen LogP contribution is 2.05. The Kier molecular flexibility index (Phi) is 2.20. The largest absolute Gasteiger partial charge is 0.348 e. The van der Waals surface area contributed by atoms with Crippen molar-refractivity contribution in [3.63, 3.8) is 0 Å². The molecule has 1 atom stereocenters. The third-order valence-electron chi connectivity index (χ3n) is 1.52. The molecule has 0 radical (unpaired) electrons. The Morgan fingerprint density at radius 2 is 2.36 bits per heavy atom. The molecule has 5 heteroatoms. The second-order valence-electron chi connectivity index (χ2n) is 2.34. The Morgan fingerprint density at radius 3 is 2.91 bits per heavy atom. The lowest BCUT2D eigenvalue weighted by Crippen LogP contribution is -2.27. The molecule has 0 fully saturated rings. The number of hydrogen-bond donors (Lipinski definition) is 2. The van der Waals surface area contributed by atoms with Crippen LogP contribution in [0.5, 0.6) is 0 Å². The summed E-state index contributed by atoms with van der Waals surface area (Å²) in [5.74, 6) is 4.87. The molecule has 0 spiro atoms. The molecule has 0 aromatic rings. The Morgan fingerprint density at radius 1 is 1.64 bits per heavy atom. The van der Waals surface area contributed by atoms with Crippen LogP contribution in [-0.2, 0) is 0 Å². The first-order valence-electron chi connectivity index (χ1n) is 3.31. The maximum atomic E-state index is 4.87. The van der Waals surface area contributed by atoms with E-state index in [0.29, 0.717) is 0 Å². The summed E-state index contributed by atoms with van der Waals surface area (Å²) in [6, 6.07) is 0. The molecule has 0 aromatic carbocycles. The number of rotatable bonds is 1. The summed E-state index contributed by atoms with van der Waals surface area (Å²) in [7, 11) is 0. The minimum atomic E-state index is -0.344. The molecule has 11 heavy (non-hydrogen) atoms. The predicted molar refractivity (Wildman–Crippen MR) is 42.8 cm³/mol. The molecular weight excluding hydrogens is 142 g/mol. The van der Waals surface area contributed by atoms with Gasteiger partial charge in [-0.05, 0) is 19.4 Å². The number of nitrogens with two attached hydrogens (primary N) is 1. The van der Waals surface area contributed by atoms with Gasteiger partial charge in [-0.25, -0.2) is 4.99 Å². The van der Waals surface area contributed by atoms with Gasteiger partial charge in [-0.15, -0.1) is 5.11 Å². The van der Waals surface area contributed by atoms with Crippen molar-refractivity contribution in [2.24, 2.45) is 21.2 Å². The van der Waals surface area contributed by atoms with Gasteiger partial charge in [0, 0.05) is 11.9 Å². The zero-order valence-corrected chi connectivity index (χ0v) is 6.57. The van der Waals surface area contributed by atoms with Gasteiger partial charge in [0.05, 0.1) is 0 Å². The number of allylic oxidation sites excluding steroid dienone is 2. The van der Waals surface area contributed by atoms with Crippen LogP contribution in [0.3, 0.4) is 0 Å². The first-order valence-corrected chi connectivity index (χ1v) is 3.31. The molecule has 0 saturated carbocycles. The smallest absolute Gasteiger partial charge is 0.235 e. The van der Waals surface area contributed by atoms with Gasteiger partial charge >= 0.3 is 0 Å². The van der Waals surface area contributed by atoms with Crippen LogP contribution in [0.25, 0.3) is 0 Å². The first-order chi connectivity index (χ1) is 5.24. The summed E-state index contributed by atoms with van der Waals surface area (Å²) in [6.45, 7) is 3.93. The molecule has 0 aliphatic carbocycles. The van der Waals surface area contributed by atoms with Crippen molar-refractivity contribution in [3.05, 3.63) is 11.3 Å². The summed E-state index contributed by atoms with van der Waals surface area (Å²) >= 11 is 0. The molecule has 3 N–H and O–H groups in total. The zero-order valence-electron chi connectivity index (χ0n) is 6.57. The fourth-order valence-electron chi connectivity index (χ4n) is 0.746. The van der Waals surface area contributed by atoms with E-state index in [1.54, 1.807) is 6.21 Å². The highest BCUT2D eigenvalue weighted by molar-refractivity contribution is 5.79. The average Bonchev–Trinajstić information content (AvgIpc) is 1.98. The van der Waals surface area contributed by atoms with Crippen LogP contribution in [0.15, 0.2) is 26.6 Å². The van der Waals surface area contributed by atoms with Crippen LogP contribution in [0.2, 0.25) is 0 Å². The Hall–Kier alpha value is -1.39. The van der Waals surface area contributed by atoms with Gasteiger partial charge in [0.25, 0.3) is 0 Å². The quantitative estimate of drug-likeness (QED) is 0.328. The minimum absolute atomic E-state index is 0.344. The van der Waals surface area contributed by atoms with E-state index in [0.717, 1.165) is 11.3 Å². The van der Waals surface area contributed by atoms with Gasteiger partial charge < -0.3 is 11.2 Å². The highest BCUT2D eigenvalue weighted by Gasteiger charge is 2.08. The standard InChI is InChI=1S/C6H11N5/c1-4-3-8-6(10-11-7)9-5(4)2/h3,6,9H,1-2H3,(H2,7,10). The monoisotopic (exact) mass is 153 g/mol. The van der Waals surface area contributed by atoms with E-state index in [1.807, 2.05) is 13.8 Å². The van der Waals surface area contributed by atoms with Crippen LogP contribution in [0, 0.1) is 0 Å². The van der Waals surface area contributed by atoms with Gasteiger partial charge in [0.2, 0.25) is 6.29 Å². The third-order valence-corrected chi connectivity index (χ3v) is 1.52. The van der Waals surface area contributed by atoms with E-state index in [1.165, 1.54) is 0 Å². The summed E-state index contributed by atoms with van der Waals surface area (Å²) < 4.78 is 0. The summed E-state index contributed by atoms with van der Waals surface area (Å²) in [5, 5.41) is 9.78. The molecule has 1 aliphatic heterocycles. The van der Waals surface area contributed by atoms with Crippen molar-refractivity contribution in [2.45, 2.75) is 20.1 Å². The Bertz CT molecular complexity index is 227. The molecule has 0 amide bonds. The van der Waals surface area contributed by atoms with Gasteiger partial charge in [0.15, 0.2) is 0 Å². The second-order valence-corrected chi connectivity index (χ2v) is 2.34. The Labute approximate surface area is 65.1 Å². The van der Waals surface area contributed by atoms with E-state index in [9.17, 15) is 0 Å². The van der Waals surface area contributed by atoms with Crippen molar-refractivity contribution in [1.29, 1.82) is 0 Å². The molecule has 0 saturated heterocycles. The third kappa shape index (κ3) is 1.76. The predicted octanol–water partition coefficient (Wildman–Crippen LogP) is 0.564. The van der Waals surface area contributed by atoms with Gasteiger partial charge in [-0.1, -0.05) is 5.22 Å². The SMILES string of the molecule is CC1=C(C)NC(N=NN)N=C1. The molecule has 1 unspecified atom stereocenters. The summed E-state index contributed by atoms with van der Waals surface area (Å²) in [6.07, 6.45) is 1.41. The molecule has 1 aliphatic rings. The Balaban J connectivity index is 2.67. The van der Waals surface area contributed by atoms with Gasteiger partial charge in [-0.2, -0.15) is 0 Å². The van der Waals surface area contributed by atoms with Gasteiger partial charge in [0.1, 0.15) is 0 Å². The molecule has 1 heterocycles. The maximum absolute atomic E-state index is 4.87. The lowest BCUT2D eigenvalue weighted by atomic mass is 10.2. The molecule has 5 nitrogen and oxygen atoms in total. The van der Waals surface area contributed by atoms with E-state index >= 15 is 0 Å². The van der Waals surface area contributed by atoms with Crippen molar-refractivity contribution in [3.8, 4) is 0 Å². The number of hydrogen-bond acceptors (Lipinski definition) is 4. The van der Waals surface area contributed by atoms with E-state index in [2.05, 4.69) is 20.6 Å². The second kappa shape index (κ2) is 3.14. The van der Waals surface area contributed by atoms with Crippen LogP contribution in [0.4, 0.5) is 0 Å². The normalized spacial score (nSPS) is 24.4. The molecule has 0 aromatic heterocycles. The first kappa shape index (κ1) is 7.71. The molecular formula is C6H11N5.